The number of hydrogen-bond donors (Lipinski definition) is 2. The van der Waals surface area contributed by atoms with Crippen molar-refractivity contribution in [3.05, 3.63) is 135 Å². The number of methoxy groups -OCH3 is 1. The second-order valence-corrected chi connectivity index (χ2v) is 19.8. The van der Waals surface area contributed by atoms with E-state index in [1.165, 1.54) is 6.07 Å². The Morgan fingerprint density at radius 1 is 0.740 bits per heavy atom. The van der Waals surface area contributed by atoms with Gasteiger partial charge in [0.2, 0.25) is 11.8 Å². The van der Waals surface area contributed by atoms with E-state index in [9.17, 15) is 24.0 Å². The van der Waals surface area contributed by atoms with E-state index in [2.05, 4.69) is 31.4 Å². The van der Waals surface area contributed by atoms with E-state index in [0.717, 1.165) is 87.6 Å². The molecule has 1 aromatic heterocycles. The van der Waals surface area contributed by atoms with E-state index in [1.807, 2.05) is 70.2 Å². The Hall–Kier alpha value is -6.69. The summed E-state index contributed by atoms with van der Waals surface area (Å²) in [5, 5.41) is 11.3. The van der Waals surface area contributed by atoms with Gasteiger partial charge < -0.3 is 34.4 Å². The van der Waals surface area contributed by atoms with Crippen LogP contribution in [-0.4, -0.2) is 175 Å². The summed E-state index contributed by atoms with van der Waals surface area (Å²) in [5.41, 5.74) is 3.79. The normalized spacial score (nSPS) is 18.3. The van der Waals surface area contributed by atoms with Gasteiger partial charge >= 0.3 is 0 Å². The van der Waals surface area contributed by atoms with Gasteiger partial charge in [-0.3, -0.25) is 33.8 Å². The third-order valence-electron chi connectivity index (χ3n) is 15.1. The van der Waals surface area contributed by atoms with Gasteiger partial charge in [0.15, 0.2) is 0 Å². The molecule has 5 heterocycles. The molecule has 2 N–H and O–H groups in total. The van der Waals surface area contributed by atoms with E-state index in [0.29, 0.717) is 105 Å². The lowest BCUT2D eigenvalue weighted by molar-refractivity contribution is -0.134. The predicted molar refractivity (Wildman–Crippen MR) is 276 cm³/mol. The third kappa shape index (κ3) is 12.6. The van der Waals surface area contributed by atoms with Crippen LogP contribution in [0.4, 0.5) is 4.39 Å². The molecule has 1 atom stereocenters. The molecule has 386 valence electrons. The van der Waals surface area contributed by atoms with E-state index in [4.69, 9.17) is 9.47 Å². The maximum atomic E-state index is 15.1. The molecule has 0 spiro atoms. The first-order valence-corrected chi connectivity index (χ1v) is 26.0. The van der Waals surface area contributed by atoms with Crippen molar-refractivity contribution in [2.45, 2.75) is 51.5 Å². The highest BCUT2D eigenvalue weighted by Crippen LogP contribution is 2.29. The molecule has 4 amide bonds. The first kappa shape index (κ1) is 51.2. The number of hydrogen-bond acceptors (Lipinski definition) is 11. The smallest absolute Gasteiger partial charge is 0.272 e. The van der Waals surface area contributed by atoms with Gasteiger partial charge in [0.05, 0.1) is 43.4 Å². The third-order valence-corrected chi connectivity index (χ3v) is 15.1. The van der Waals surface area contributed by atoms with Crippen molar-refractivity contribution in [2.75, 3.05) is 112 Å². The molecule has 0 aliphatic carbocycles. The number of aromatic nitrogens is 2. The SMILES string of the molecule is CCOc1cc(OC)ccc1CNCC(=O)N1CCC[C@@H](c2cccc(C(=O)N3CCN(CC4CCN(CC(=O)N5CCN(C(=O)c6cc(Cc7n[nH]c(=O)c8ccccc78)ccc6F)CC5)CC4)CC3)c2)C1. The highest BCUT2D eigenvalue weighted by Gasteiger charge is 2.31. The van der Waals surface area contributed by atoms with Crippen LogP contribution in [0.5, 0.6) is 11.5 Å². The zero-order valence-electron chi connectivity index (χ0n) is 42.2. The molecule has 4 aromatic carbocycles. The molecule has 4 aliphatic rings. The lowest BCUT2D eigenvalue weighted by Gasteiger charge is -2.39. The summed E-state index contributed by atoms with van der Waals surface area (Å²) in [6.07, 6.45) is 4.19. The monoisotopic (exact) mass is 998 g/mol. The second kappa shape index (κ2) is 23.9. The Bertz CT molecular complexity index is 2820. The van der Waals surface area contributed by atoms with Crippen molar-refractivity contribution in [1.82, 2.24) is 44.9 Å². The molecule has 0 bridgehead atoms. The number of aromatic amines is 1. The number of rotatable bonds is 16. The fourth-order valence-corrected chi connectivity index (χ4v) is 10.9. The number of benzene rings is 4. The Morgan fingerprint density at radius 3 is 2.25 bits per heavy atom. The molecular formula is C56H68FN9O7. The molecule has 0 saturated carbocycles. The molecule has 17 heteroatoms. The Labute approximate surface area is 426 Å². The molecule has 5 aromatic rings. The quantitative estimate of drug-likeness (QED) is 0.137. The summed E-state index contributed by atoms with van der Waals surface area (Å²) in [4.78, 5) is 78.5. The number of ether oxygens (including phenoxy) is 2. The molecule has 0 unspecified atom stereocenters. The number of piperidine rings is 2. The van der Waals surface area contributed by atoms with E-state index >= 15 is 4.39 Å². The minimum atomic E-state index is -0.603. The molecule has 4 saturated heterocycles. The van der Waals surface area contributed by atoms with Crippen LogP contribution in [0.15, 0.2) is 89.7 Å². The van der Waals surface area contributed by atoms with E-state index in [1.54, 1.807) is 36.3 Å². The van der Waals surface area contributed by atoms with Crippen molar-refractivity contribution in [1.29, 1.82) is 0 Å². The Kier molecular flexibility index (Phi) is 16.8. The van der Waals surface area contributed by atoms with Gasteiger partial charge in [-0.25, -0.2) is 9.49 Å². The molecule has 4 fully saturated rings. The van der Waals surface area contributed by atoms with Crippen molar-refractivity contribution < 1.29 is 33.0 Å². The summed E-state index contributed by atoms with van der Waals surface area (Å²) in [5.74, 6) is 1.31. The van der Waals surface area contributed by atoms with Crippen LogP contribution in [0.1, 0.15) is 81.6 Å². The van der Waals surface area contributed by atoms with Gasteiger partial charge in [-0.2, -0.15) is 5.10 Å². The number of nitrogens with zero attached hydrogens (tertiary/aromatic N) is 7. The maximum Gasteiger partial charge on any atom is 0.272 e. The van der Waals surface area contributed by atoms with Crippen LogP contribution >= 0.6 is 0 Å². The van der Waals surface area contributed by atoms with Crippen molar-refractivity contribution in [3.8, 4) is 11.5 Å². The number of amides is 4. The van der Waals surface area contributed by atoms with E-state index < -0.39 is 11.7 Å². The highest BCUT2D eigenvalue weighted by molar-refractivity contribution is 5.95. The van der Waals surface area contributed by atoms with Gasteiger partial charge in [-0.15, -0.1) is 0 Å². The Morgan fingerprint density at radius 2 is 1.48 bits per heavy atom. The number of piperazine rings is 2. The maximum absolute atomic E-state index is 15.1. The van der Waals surface area contributed by atoms with Crippen molar-refractivity contribution in [2.24, 2.45) is 5.92 Å². The zero-order chi connectivity index (χ0) is 50.8. The fraction of sp³-hybridized carbons (Fsp3) is 0.464. The minimum absolute atomic E-state index is 0.0195. The van der Waals surface area contributed by atoms with Gasteiger partial charge in [0.1, 0.15) is 17.3 Å². The number of H-pyrrole nitrogens is 1. The van der Waals surface area contributed by atoms with Gasteiger partial charge in [-0.05, 0) is 99.1 Å². The number of likely N-dealkylation sites (tertiary alicyclic amines) is 2. The average Bonchev–Trinajstić information content (AvgIpc) is 3.43. The van der Waals surface area contributed by atoms with Crippen LogP contribution < -0.4 is 20.3 Å². The summed E-state index contributed by atoms with van der Waals surface area (Å²) in [6, 6.07) is 25.4. The summed E-state index contributed by atoms with van der Waals surface area (Å²) >= 11 is 0. The lowest BCUT2D eigenvalue weighted by atomic mass is 9.89. The molecule has 16 nitrogen and oxygen atoms in total. The van der Waals surface area contributed by atoms with Crippen LogP contribution in [0, 0.1) is 11.7 Å². The highest BCUT2D eigenvalue weighted by atomic mass is 19.1. The number of fused-ring (bicyclic) bond motifs is 1. The van der Waals surface area contributed by atoms with Crippen LogP contribution in [0.25, 0.3) is 10.8 Å². The first-order valence-electron chi connectivity index (χ1n) is 26.0. The van der Waals surface area contributed by atoms with Crippen molar-refractivity contribution >= 4 is 34.4 Å². The minimum Gasteiger partial charge on any atom is -0.497 e. The molecule has 9 rings (SSSR count). The standard InChI is InChI=1S/C56H68FN9O7/c1-3-73-51-33-45(72-2)15-14-43(51)34-58-35-52(67)66-19-7-10-44(37-66)41-8-6-9-42(32-41)55(70)64-24-22-62(23-25-64)36-39-17-20-61(21-18-39)38-53(68)63-26-28-65(29-27-63)56(71)48-30-40(13-16-49(48)57)31-50-46-11-4-5-12-47(46)54(69)60-59-50/h4-6,8-9,11-16,30,32-33,39,44,58H,3,7,10,17-29,31,34-38H2,1-2H3,(H,60,69)/t44-/m1/s1. The molecule has 73 heavy (non-hydrogen) atoms. The second-order valence-electron chi connectivity index (χ2n) is 19.8. The number of carbonyl (C=O) groups excluding carboxylic acids is 4. The van der Waals surface area contributed by atoms with Gasteiger partial charge in [-0.1, -0.05) is 42.5 Å². The molecule has 4 aliphatic heterocycles. The molecular weight excluding hydrogens is 930 g/mol. The number of halogens is 1. The first-order chi connectivity index (χ1) is 35.5. The van der Waals surface area contributed by atoms with Crippen LogP contribution in [-0.2, 0) is 22.6 Å². The van der Waals surface area contributed by atoms with Gasteiger partial charge in [0, 0.05) is 113 Å². The van der Waals surface area contributed by atoms with Crippen LogP contribution in [0.3, 0.4) is 0 Å². The Balaban J connectivity index is 0.673. The van der Waals surface area contributed by atoms with Gasteiger partial charge in [0.25, 0.3) is 17.4 Å². The van der Waals surface area contributed by atoms with Crippen LogP contribution in [0.2, 0.25) is 0 Å². The zero-order valence-corrected chi connectivity index (χ0v) is 42.2. The fourth-order valence-electron chi connectivity index (χ4n) is 10.9. The number of carbonyl (C=O) groups is 4. The van der Waals surface area contributed by atoms with E-state index in [-0.39, 0.29) is 41.3 Å². The molecule has 0 radical (unpaired) electrons. The summed E-state index contributed by atoms with van der Waals surface area (Å²) < 4.78 is 26.2. The topological polar surface area (TPSA) is 164 Å². The summed E-state index contributed by atoms with van der Waals surface area (Å²) in [6.45, 7) is 12.0. The average molecular weight is 998 g/mol. The predicted octanol–water partition coefficient (Wildman–Crippen LogP) is 5.01. The lowest BCUT2D eigenvalue weighted by Crippen LogP contribution is -2.53. The largest absolute Gasteiger partial charge is 0.497 e. The summed E-state index contributed by atoms with van der Waals surface area (Å²) in [7, 11) is 1.63. The number of nitrogens with one attached hydrogen (secondary N) is 2. The van der Waals surface area contributed by atoms with Crippen molar-refractivity contribution in [3.63, 3.8) is 0 Å².